The van der Waals surface area contributed by atoms with Gasteiger partial charge in [0.2, 0.25) is 0 Å². The van der Waals surface area contributed by atoms with E-state index >= 15 is 0 Å². The van der Waals surface area contributed by atoms with Gasteiger partial charge in [-0.2, -0.15) is 0 Å². The van der Waals surface area contributed by atoms with Crippen LogP contribution in [0.4, 0.5) is 11.5 Å². The van der Waals surface area contributed by atoms with Gasteiger partial charge in [-0.3, -0.25) is 4.79 Å². The van der Waals surface area contributed by atoms with Gasteiger partial charge < -0.3 is 20.1 Å². The fraction of sp³-hybridized carbons (Fsp3) is 0.227. The molecule has 0 fully saturated rings. The number of benzene rings is 2. The number of amides is 1. The van der Waals surface area contributed by atoms with Crippen molar-refractivity contribution in [2.75, 3.05) is 24.9 Å². The van der Waals surface area contributed by atoms with E-state index in [9.17, 15) is 4.79 Å². The Kier molecular flexibility index (Phi) is 6.63. The molecule has 0 spiro atoms. The van der Waals surface area contributed by atoms with Crippen molar-refractivity contribution in [3.8, 4) is 11.5 Å². The molecule has 1 heterocycles. The SMILES string of the molecule is CCc1ccc(NC(=O)c2cc(NCc3ccc(OC)c(OC)c3)ncn2)cc1. The third kappa shape index (κ3) is 5.22. The summed E-state index contributed by atoms with van der Waals surface area (Å²) in [7, 11) is 3.20. The summed E-state index contributed by atoms with van der Waals surface area (Å²) in [6.45, 7) is 2.60. The van der Waals surface area contributed by atoms with Gasteiger partial charge in [-0.25, -0.2) is 9.97 Å². The molecule has 0 unspecified atom stereocenters. The average Bonchev–Trinajstić information content (AvgIpc) is 2.78. The van der Waals surface area contributed by atoms with Crippen LogP contribution in [0.2, 0.25) is 0 Å². The summed E-state index contributed by atoms with van der Waals surface area (Å²) in [5.74, 6) is 1.60. The first-order valence-corrected chi connectivity index (χ1v) is 9.30. The number of carbonyl (C=O) groups excluding carboxylic acids is 1. The van der Waals surface area contributed by atoms with Gasteiger partial charge in [-0.15, -0.1) is 0 Å². The molecule has 7 nitrogen and oxygen atoms in total. The highest BCUT2D eigenvalue weighted by Gasteiger charge is 2.10. The van der Waals surface area contributed by atoms with Crippen LogP contribution in [0.1, 0.15) is 28.5 Å². The van der Waals surface area contributed by atoms with Crippen molar-refractivity contribution in [1.29, 1.82) is 0 Å². The molecule has 0 atom stereocenters. The molecule has 0 saturated heterocycles. The van der Waals surface area contributed by atoms with Gasteiger partial charge in [0.1, 0.15) is 17.8 Å². The molecule has 7 heteroatoms. The van der Waals surface area contributed by atoms with E-state index in [4.69, 9.17) is 9.47 Å². The van der Waals surface area contributed by atoms with E-state index in [2.05, 4.69) is 27.5 Å². The van der Waals surface area contributed by atoms with E-state index in [0.717, 1.165) is 17.7 Å². The van der Waals surface area contributed by atoms with Crippen molar-refractivity contribution in [3.05, 3.63) is 71.7 Å². The summed E-state index contributed by atoms with van der Waals surface area (Å²) >= 11 is 0. The van der Waals surface area contributed by atoms with Crippen molar-refractivity contribution < 1.29 is 14.3 Å². The molecule has 2 aromatic carbocycles. The highest BCUT2D eigenvalue weighted by Crippen LogP contribution is 2.27. The van der Waals surface area contributed by atoms with Gasteiger partial charge in [-0.05, 0) is 41.8 Å². The molecule has 0 aliphatic heterocycles. The molecule has 150 valence electrons. The average molecular weight is 392 g/mol. The van der Waals surface area contributed by atoms with Crippen LogP contribution in [-0.4, -0.2) is 30.1 Å². The van der Waals surface area contributed by atoms with E-state index in [1.54, 1.807) is 20.3 Å². The number of anilines is 2. The third-order valence-electron chi connectivity index (χ3n) is 4.44. The first-order valence-electron chi connectivity index (χ1n) is 9.30. The quantitative estimate of drug-likeness (QED) is 0.604. The lowest BCUT2D eigenvalue weighted by atomic mass is 10.1. The number of aryl methyl sites for hydroxylation is 1. The highest BCUT2D eigenvalue weighted by atomic mass is 16.5. The maximum Gasteiger partial charge on any atom is 0.274 e. The Bertz CT molecular complexity index is 974. The molecule has 0 bridgehead atoms. The lowest BCUT2D eigenvalue weighted by Crippen LogP contribution is -2.14. The van der Waals surface area contributed by atoms with Gasteiger partial charge in [0, 0.05) is 18.3 Å². The van der Waals surface area contributed by atoms with Crippen LogP contribution in [0, 0.1) is 0 Å². The Hall–Kier alpha value is -3.61. The minimum Gasteiger partial charge on any atom is -0.493 e. The van der Waals surface area contributed by atoms with E-state index in [0.29, 0.717) is 23.9 Å². The second-order valence-electron chi connectivity index (χ2n) is 6.34. The minimum atomic E-state index is -0.286. The lowest BCUT2D eigenvalue weighted by molar-refractivity contribution is 0.102. The number of carbonyl (C=O) groups is 1. The summed E-state index contributed by atoms with van der Waals surface area (Å²) in [6, 6.07) is 15.0. The van der Waals surface area contributed by atoms with Crippen molar-refractivity contribution in [3.63, 3.8) is 0 Å². The summed E-state index contributed by atoms with van der Waals surface area (Å²) in [4.78, 5) is 20.7. The van der Waals surface area contributed by atoms with Crippen LogP contribution in [0.3, 0.4) is 0 Å². The number of nitrogens with one attached hydrogen (secondary N) is 2. The molecule has 0 radical (unpaired) electrons. The Balaban J connectivity index is 1.65. The Morgan fingerprint density at radius 1 is 0.931 bits per heavy atom. The predicted octanol–water partition coefficient (Wildman–Crippen LogP) is 3.92. The second-order valence-corrected chi connectivity index (χ2v) is 6.34. The zero-order valence-corrected chi connectivity index (χ0v) is 16.7. The van der Waals surface area contributed by atoms with Gasteiger partial charge in [0.25, 0.3) is 5.91 Å². The standard InChI is InChI=1S/C22H24N4O3/c1-4-15-5-8-17(9-6-15)26-22(27)18-12-21(25-14-24-18)23-13-16-7-10-19(28-2)20(11-16)29-3/h5-12,14H,4,13H2,1-3H3,(H,26,27)(H,23,24,25). The summed E-state index contributed by atoms with van der Waals surface area (Å²) in [5.41, 5.74) is 3.22. The van der Waals surface area contributed by atoms with Crippen molar-refractivity contribution in [1.82, 2.24) is 9.97 Å². The van der Waals surface area contributed by atoms with Gasteiger partial charge >= 0.3 is 0 Å². The largest absolute Gasteiger partial charge is 0.493 e. The van der Waals surface area contributed by atoms with Crippen LogP contribution >= 0.6 is 0 Å². The first kappa shape index (κ1) is 20.1. The van der Waals surface area contributed by atoms with Crippen LogP contribution in [0.5, 0.6) is 11.5 Å². The fourth-order valence-electron chi connectivity index (χ4n) is 2.78. The number of aromatic nitrogens is 2. The number of rotatable bonds is 8. The Morgan fingerprint density at radius 2 is 1.66 bits per heavy atom. The maximum absolute atomic E-state index is 12.5. The monoisotopic (exact) mass is 392 g/mol. The molecular formula is C22H24N4O3. The molecule has 2 N–H and O–H groups in total. The van der Waals surface area contributed by atoms with Gasteiger partial charge in [0.15, 0.2) is 11.5 Å². The number of hydrogen-bond acceptors (Lipinski definition) is 6. The Morgan fingerprint density at radius 3 is 2.34 bits per heavy atom. The predicted molar refractivity (Wildman–Crippen MR) is 113 cm³/mol. The second kappa shape index (κ2) is 9.54. The molecule has 3 rings (SSSR count). The molecule has 29 heavy (non-hydrogen) atoms. The third-order valence-corrected chi connectivity index (χ3v) is 4.44. The summed E-state index contributed by atoms with van der Waals surface area (Å²) in [6.07, 6.45) is 2.32. The van der Waals surface area contributed by atoms with Crippen molar-refractivity contribution in [2.24, 2.45) is 0 Å². The topological polar surface area (TPSA) is 85.4 Å². The van der Waals surface area contributed by atoms with Gasteiger partial charge in [-0.1, -0.05) is 25.1 Å². The molecular weight excluding hydrogens is 368 g/mol. The molecule has 0 saturated carbocycles. The maximum atomic E-state index is 12.5. The first-order chi connectivity index (χ1) is 14.1. The van der Waals surface area contributed by atoms with Crippen LogP contribution < -0.4 is 20.1 Å². The molecule has 1 amide bonds. The minimum absolute atomic E-state index is 0.286. The van der Waals surface area contributed by atoms with Crippen molar-refractivity contribution >= 4 is 17.4 Å². The van der Waals surface area contributed by atoms with Crippen molar-refractivity contribution in [2.45, 2.75) is 19.9 Å². The lowest BCUT2D eigenvalue weighted by Gasteiger charge is -2.11. The number of methoxy groups -OCH3 is 2. The van der Waals surface area contributed by atoms with Crippen LogP contribution in [-0.2, 0) is 13.0 Å². The van der Waals surface area contributed by atoms with Gasteiger partial charge in [0.05, 0.1) is 14.2 Å². The number of ether oxygens (including phenoxy) is 2. The zero-order chi connectivity index (χ0) is 20.6. The number of hydrogen-bond donors (Lipinski definition) is 2. The Labute approximate surface area is 170 Å². The highest BCUT2D eigenvalue weighted by molar-refractivity contribution is 6.03. The van der Waals surface area contributed by atoms with E-state index in [1.807, 2.05) is 42.5 Å². The number of nitrogens with zero attached hydrogens (tertiary/aromatic N) is 2. The van der Waals surface area contributed by atoms with Crippen LogP contribution in [0.25, 0.3) is 0 Å². The van der Waals surface area contributed by atoms with E-state index in [1.165, 1.54) is 11.9 Å². The molecule has 0 aliphatic carbocycles. The fourth-order valence-corrected chi connectivity index (χ4v) is 2.78. The molecule has 0 aliphatic rings. The smallest absolute Gasteiger partial charge is 0.274 e. The molecule has 1 aromatic heterocycles. The van der Waals surface area contributed by atoms with Crippen LogP contribution in [0.15, 0.2) is 54.9 Å². The molecule has 3 aromatic rings. The van der Waals surface area contributed by atoms with E-state index in [-0.39, 0.29) is 11.6 Å². The zero-order valence-electron chi connectivity index (χ0n) is 16.7. The summed E-state index contributed by atoms with van der Waals surface area (Å²) in [5, 5.41) is 6.05. The van der Waals surface area contributed by atoms with E-state index < -0.39 is 0 Å². The summed E-state index contributed by atoms with van der Waals surface area (Å²) < 4.78 is 10.6. The normalized spacial score (nSPS) is 10.3.